The second-order valence-corrected chi connectivity index (χ2v) is 6.72. The average Bonchev–Trinajstić information content (AvgIpc) is 2.62. The van der Waals surface area contributed by atoms with Gasteiger partial charge in [-0.05, 0) is 48.9 Å². The number of nitrogens with one attached hydrogen (secondary N) is 1. The highest BCUT2D eigenvalue weighted by molar-refractivity contribution is 5.85. The van der Waals surface area contributed by atoms with Gasteiger partial charge in [-0.3, -0.25) is 9.78 Å². The van der Waals surface area contributed by atoms with Crippen molar-refractivity contribution in [3.8, 4) is 11.1 Å². The molecule has 142 valence electrons. The molecule has 0 saturated heterocycles. The van der Waals surface area contributed by atoms with Crippen molar-refractivity contribution in [2.45, 2.75) is 44.7 Å². The first-order valence-corrected chi connectivity index (χ1v) is 8.70. The molecule has 0 spiro atoms. The Bertz CT molecular complexity index is 679. The Balaban J connectivity index is 0.00000169. The topological polar surface area (TPSA) is 68.0 Å². The zero-order chi connectivity index (χ0) is 16.9. The van der Waals surface area contributed by atoms with Crippen LogP contribution in [0.3, 0.4) is 0 Å². The molecule has 1 aromatic heterocycles. The summed E-state index contributed by atoms with van der Waals surface area (Å²) in [7, 11) is 0. The van der Waals surface area contributed by atoms with E-state index in [-0.39, 0.29) is 48.7 Å². The Morgan fingerprint density at radius 1 is 1.15 bits per heavy atom. The van der Waals surface area contributed by atoms with E-state index in [1.165, 1.54) is 0 Å². The number of pyridine rings is 1. The Morgan fingerprint density at radius 3 is 2.50 bits per heavy atom. The van der Waals surface area contributed by atoms with E-state index in [1.807, 2.05) is 25.3 Å². The number of nitrogens with two attached hydrogens (primary N) is 1. The molecule has 3 N–H and O–H groups in total. The summed E-state index contributed by atoms with van der Waals surface area (Å²) >= 11 is 0. The summed E-state index contributed by atoms with van der Waals surface area (Å²) in [5, 5.41) is 3.14. The third kappa shape index (κ3) is 5.70. The molecule has 1 heterocycles. The molecule has 0 aliphatic heterocycles. The molecule has 3 atom stereocenters. The molecule has 1 saturated carbocycles. The van der Waals surface area contributed by atoms with E-state index in [4.69, 9.17) is 5.73 Å². The van der Waals surface area contributed by atoms with Gasteiger partial charge in [0.25, 0.3) is 0 Å². The van der Waals surface area contributed by atoms with Crippen LogP contribution in [0, 0.1) is 5.92 Å². The minimum atomic E-state index is -0.00130. The number of carbonyl (C=O) groups is 1. The van der Waals surface area contributed by atoms with Gasteiger partial charge < -0.3 is 11.1 Å². The monoisotopic (exact) mass is 395 g/mol. The van der Waals surface area contributed by atoms with Gasteiger partial charge in [0.05, 0.1) is 6.04 Å². The van der Waals surface area contributed by atoms with Crippen molar-refractivity contribution >= 4 is 30.7 Å². The van der Waals surface area contributed by atoms with Crippen molar-refractivity contribution in [3.05, 3.63) is 54.4 Å². The van der Waals surface area contributed by atoms with Crippen molar-refractivity contribution in [1.82, 2.24) is 10.3 Å². The molecule has 1 fully saturated rings. The number of halogens is 2. The molecule has 1 aromatic carbocycles. The van der Waals surface area contributed by atoms with Gasteiger partial charge in [-0.1, -0.05) is 36.8 Å². The number of amides is 1. The van der Waals surface area contributed by atoms with Gasteiger partial charge >= 0.3 is 0 Å². The molecular formula is C20H27Cl2N3O. The van der Waals surface area contributed by atoms with Crippen molar-refractivity contribution < 1.29 is 4.79 Å². The molecule has 3 unspecified atom stereocenters. The second-order valence-electron chi connectivity index (χ2n) is 6.72. The van der Waals surface area contributed by atoms with Gasteiger partial charge in [-0.2, -0.15) is 0 Å². The van der Waals surface area contributed by atoms with Gasteiger partial charge in [0, 0.05) is 24.4 Å². The number of aromatic nitrogens is 1. The highest BCUT2D eigenvalue weighted by atomic mass is 35.5. The molecule has 3 rings (SSSR count). The molecule has 1 aliphatic carbocycles. The Labute approximate surface area is 167 Å². The number of benzene rings is 1. The van der Waals surface area contributed by atoms with Crippen LogP contribution in [0.25, 0.3) is 11.1 Å². The molecule has 1 aliphatic rings. The molecule has 0 radical (unpaired) electrons. The van der Waals surface area contributed by atoms with E-state index in [0.29, 0.717) is 0 Å². The van der Waals surface area contributed by atoms with E-state index in [9.17, 15) is 4.79 Å². The Kier molecular flexibility index (Phi) is 9.06. The first-order chi connectivity index (χ1) is 11.6. The quantitative estimate of drug-likeness (QED) is 0.810. The highest BCUT2D eigenvalue weighted by Gasteiger charge is 2.26. The van der Waals surface area contributed by atoms with Crippen molar-refractivity contribution in [1.29, 1.82) is 0 Å². The van der Waals surface area contributed by atoms with E-state index in [1.54, 1.807) is 6.20 Å². The summed E-state index contributed by atoms with van der Waals surface area (Å²) < 4.78 is 0. The van der Waals surface area contributed by atoms with Gasteiger partial charge in [0.15, 0.2) is 0 Å². The van der Waals surface area contributed by atoms with E-state index >= 15 is 0 Å². The maximum atomic E-state index is 12.4. The predicted octanol–water partition coefficient (Wildman–Crippen LogP) is 4.29. The molecule has 0 bridgehead atoms. The van der Waals surface area contributed by atoms with Crippen LogP contribution in [-0.2, 0) is 4.79 Å². The maximum Gasteiger partial charge on any atom is 0.223 e. The number of nitrogens with zero attached hydrogens (tertiary/aromatic N) is 1. The van der Waals surface area contributed by atoms with Gasteiger partial charge in [-0.15, -0.1) is 24.8 Å². The smallest absolute Gasteiger partial charge is 0.223 e. The van der Waals surface area contributed by atoms with Crippen LogP contribution in [0.5, 0.6) is 0 Å². The predicted molar refractivity (Wildman–Crippen MR) is 111 cm³/mol. The molecule has 6 heteroatoms. The zero-order valence-corrected chi connectivity index (χ0v) is 16.6. The molecule has 4 nitrogen and oxygen atoms in total. The van der Waals surface area contributed by atoms with Crippen LogP contribution in [0.4, 0.5) is 0 Å². The summed E-state index contributed by atoms with van der Waals surface area (Å²) in [6.07, 6.45) is 7.46. The van der Waals surface area contributed by atoms with Crippen molar-refractivity contribution in [2.24, 2.45) is 11.7 Å². The summed E-state index contributed by atoms with van der Waals surface area (Å²) in [6.45, 7) is 2.03. The third-order valence-corrected chi connectivity index (χ3v) is 4.85. The fourth-order valence-corrected chi connectivity index (χ4v) is 3.38. The Morgan fingerprint density at radius 2 is 1.88 bits per heavy atom. The SMILES string of the molecule is CC(NC(=O)C1CCCC(N)C1)c1ccc(-c2cccnc2)cc1.Cl.Cl. The lowest BCUT2D eigenvalue weighted by molar-refractivity contribution is -0.126. The number of rotatable bonds is 4. The first-order valence-electron chi connectivity index (χ1n) is 8.70. The van der Waals surface area contributed by atoms with Crippen molar-refractivity contribution in [2.75, 3.05) is 0 Å². The van der Waals surface area contributed by atoms with Gasteiger partial charge in [-0.25, -0.2) is 0 Å². The lowest BCUT2D eigenvalue weighted by Gasteiger charge is -2.27. The van der Waals surface area contributed by atoms with Crippen molar-refractivity contribution in [3.63, 3.8) is 0 Å². The minimum Gasteiger partial charge on any atom is -0.349 e. The van der Waals surface area contributed by atoms with Crippen LogP contribution in [0.2, 0.25) is 0 Å². The largest absolute Gasteiger partial charge is 0.349 e. The summed E-state index contributed by atoms with van der Waals surface area (Å²) in [6, 6.07) is 12.4. The van der Waals surface area contributed by atoms with Crippen LogP contribution in [0.1, 0.15) is 44.2 Å². The normalized spacial score (nSPS) is 20.2. The van der Waals surface area contributed by atoms with Crippen LogP contribution >= 0.6 is 24.8 Å². The molecule has 26 heavy (non-hydrogen) atoms. The maximum absolute atomic E-state index is 12.4. The molecular weight excluding hydrogens is 369 g/mol. The summed E-state index contributed by atoms with van der Waals surface area (Å²) in [4.78, 5) is 16.6. The number of hydrogen-bond acceptors (Lipinski definition) is 3. The van der Waals surface area contributed by atoms with Crippen LogP contribution in [0.15, 0.2) is 48.8 Å². The minimum absolute atomic E-state index is 0. The summed E-state index contributed by atoms with van der Waals surface area (Å²) in [5.41, 5.74) is 9.32. The fraction of sp³-hybridized carbons (Fsp3) is 0.400. The van der Waals surface area contributed by atoms with E-state index in [0.717, 1.165) is 42.4 Å². The van der Waals surface area contributed by atoms with E-state index < -0.39 is 0 Å². The lowest BCUT2D eigenvalue weighted by Crippen LogP contribution is -2.38. The fourth-order valence-electron chi connectivity index (χ4n) is 3.38. The zero-order valence-electron chi connectivity index (χ0n) is 14.9. The standard InChI is InChI=1S/C20H25N3O.2ClH/c1-14(23-20(24)17-4-2-6-19(21)12-17)15-7-9-16(10-8-15)18-5-3-11-22-13-18;;/h3,5,7-11,13-14,17,19H,2,4,6,12,21H2,1H3,(H,23,24);2*1H. The van der Waals surface area contributed by atoms with Crippen LogP contribution < -0.4 is 11.1 Å². The number of carbonyl (C=O) groups excluding carboxylic acids is 1. The van der Waals surface area contributed by atoms with Gasteiger partial charge in [0.2, 0.25) is 5.91 Å². The summed E-state index contributed by atoms with van der Waals surface area (Å²) in [5.74, 6) is 0.194. The van der Waals surface area contributed by atoms with Crippen LogP contribution in [-0.4, -0.2) is 16.9 Å². The third-order valence-electron chi connectivity index (χ3n) is 4.85. The van der Waals surface area contributed by atoms with Gasteiger partial charge in [0.1, 0.15) is 0 Å². The first kappa shape index (κ1) is 22.4. The van der Waals surface area contributed by atoms with E-state index in [2.05, 4.69) is 34.6 Å². The highest BCUT2D eigenvalue weighted by Crippen LogP contribution is 2.25. The molecule has 1 amide bonds. The Hall–Kier alpha value is -1.62. The lowest BCUT2D eigenvalue weighted by atomic mass is 9.85. The second kappa shape index (κ2) is 10.5. The molecule has 2 aromatic rings. The number of hydrogen-bond donors (Lipinski definition) is 2. The average molecular weight is 396 g/mol.